The third-order valence-electron chi connectivity index (χ3n) is 0.0899. The van der Waals surface area contributed by atoms with Crippen molar-refractivity contribution >= 4 is 30.9 Å². The van der Waals surface area contributed by atoms with Crippen LogP contribution in [-0.4, -0.2) is 32.8 Å². The Bertz CT molecular complexity index is 75.8. The van der Waals surface area contributed by atoms with Gasteiger partial charge in [0.15, 0.2) is 0 Å². The van der Waals surface area contributed by atoms with Gasteiger partial charge in [-0.15, -0.1) is 0 Å². The summed E-state index contributed by atoms with van der Waals surface area (Å²) in [6.07, 6.45) is 0. The van der Waals surface area contributed by atoms with Crippen LogP contribution in [0.4, 0.5) is 4.53 Å². The lowest BCUT2D eigenvalue weighted by molar-refractivity contribution is -0.0389. The summed E-state index contributed by atoms with van der Waals surface area (Å²) in [4.78, 5) is 14.7. The zero-order chi connectivity index (χ0) is 5.21. The van der Waals surface area contributed by atoms with E-state index in [4.69, 9.17) is 14.4 Å². The molecule has 0 heterocycles. The fourth-order valence-corrected chi connectivity index (χ4v) is 0. The monoisotopic (exact) mass is 142 g/mol. The van der Waals surface area contributed by atoms with Crippen molar-refractivity contribution in [1.29, 1.82) is 0 Å². The molecule has 0 saturated carbocycles. The maximum absolute atomic E-state index is 10.2. The summed E-state index contributed by atoms with van der Waals surface area (Å²) >= 11 is 0. The molecule has 2 N–H and O–H groups in total. The van der Waals surface area contributed by atoms with Crippen molar-refractivity contribution < 1.29 is 23.6 Å². The molecule has 0 atom stereocenters. The SMILES string of the molecule is O=P(O)(O)OF.[MgH2]. The number of hydrogen-bond donors (Lipinski definition) is 2. The lowest BCUT2D eigenvalue weighted by Crippen LogP contribution is -1.71. The average molecular weight is 142 g/mol. The fourth-order valence-electron chi connectivity index (χ4n) is 0. The molecule has 0 aliphatic heterocycles. The highest BCUT2D eigenvalue weighted by atomic mass is 31.2. The van der Waals surface area contributed by atoms with Crippen LogP contribution in [0.5, 0.6) is 0 Å². The molecule has 4 nitrogen and oxygen atoms in total. The molecule has 0 aromatic carbocycles. The number of rotatable bonds is 1. The van der Waals surface area contributed by atoms with E-state index in [0.717, 1.165) is 0 Å². The van der Waals surface area contributed by atoms with Gasteiger partial charge in [0.05, 0.1) is 0 Å². The molecule has 0 aromatic heterocycles. The Labute approximate surface area is 55.0 Å². The molecule has 7 heavy (non-hydrogen) atoms. The van der Waals surface area contributed by atoms with Gasteiger partial charge in [-0.05, 0) is 4.53 Å². The van der Waals surface area contributed by atoms with Crippen LogP contribution < -0.4 is 0 Å². The van der Waals surface area contributed by atoms with E-state index in [1.54, 1.807) is 0 Å². The van der Waals surface area contributed by atoms with Gasteiger partial charge in [0.2, 0.25) is 0 Å². The van der Waals surface area contributed by atoms with Crippen molar-refractivity contribution in [3.63, 3.8) is 0 Å². The van der Waals surface area contributed by atoms with Crippen LogP contribution in [0.25, 0.3) is 0 Å². The van der Waals surface area contributed by atoms with E-state index in [1.165, 1.54) is 0 Å². The molecule has 7 heteroatoms. The summed E-state index contributed by atoms with van der Waals surface area (Å²) in [5, 5.41) is 0. The van der Waals surface area contributed by atoms with E-state index < -0.39 is 7.82 Å². The van der Waals surface area contributed by atoms with Crippen molar-refractivity contribution in [2.45, 2.75) is 0 Å². The number of hydrogen-bond acceptors (Lipinski definition) is 2. The topological polar surface area (TPSA) is 66.8 Å². The molecule has 0 aliphatic rings. The second-order valence-electron chi connectivity index (χ2n) is 0.560. The van der Waals surface area contributed by atoms with Crippen LogP contribution in [0.2, 0.25) is 0 Å². The molecule has 42 valence electrons. The van der Waals surface area contributed by atoms with E-state index in [-0.39, 0.29) is 23.1 Å². The molecule has 0 rings (SSSR count). The van der Waals surface area contributed by atoms with Gasteiger partial charge in [-0.3, -0.25) is 0 Å². The third kappa shape index (κ3) is 10.9. The Kier molecular flexibility index (Phi) is 5.77. The molecule has 0 amide bonds. The predicted octanol–water partition coefficient (Wildman–Crippen LogP) is -0.936. The quantitative estimate of drug-likeness (QED) is 0.366. The first-order valence-electron chi connectivity index (χ1n) is 0.919. The van der Waals surface area contributed by atoms with Gasteiger partial charge < -0.3 is 9.79 Å². The molecule has 0 bridgehead atoms. The van der Waals surface area contributed by atoms with Crippen LogP contribution in [0.3, 0.4) is 0 Å². The maximum Gasteiger partial charge on any atom is 0.500 e. The Morgan fingerprint density at radius 2 is 1.71 bits per heavy atom. The fraction of sp³-hybridized carbons (Fsp3) is 0. The zero-order valence-corrected chi connectivity index (χ0v) is 3.43. The van der Waals surface area contributed by atoms with Gasteiger partial charge in [-0.25, -0.2) is 4.57 Å². The summed E-state index contributed by atoms with van der Waals surface area (Å²) in [6.45, 7) is 0. The molecule has 0 fully saturated rings. The molecule has 0 aromatic rings. The Morgan fingerprint density at radius 1 is 1.57 bits per heavy atom. The van der Waals surface area contributed by atoms with E-state index in [9.17, 15) is 4.53 Å². The molecule has 0 aliphatic carbocycles. The molecular formula is H4FMgO4P. The van der Waals surface area contributed by atoms with Crippen LogP contribution in [0.15, 0.2) is 0 Å². The van der Waals surface area contributed by atoms with Crippen LogP contribution in [0, 0.1) is 0 Å². The standard InChI is InChI=1S/FH2O4P.Mg.2H/c1-5-6(2,3)4;;;/h(H2,2,3,4);;;. The molecule has 0 saturated heterocycles. The van der Waals surface area contributed by atoms with Crippen molar-refractivity contribution in [2.24, 2.45) is 0 Å². The molecule has 0 spiro atoms. The van der Waals surface area contributed by atoms with E-state index >= 15 is 0 Å². The molecule has 0 radical (unpaired) electrons. The summed E-state index contributed by atoms with van der Waals surface area (Å²) in [5.74, 6) is 0. The van der Waals surface area contributed by atoms with Crippen molar-refractivity contribution in [3.8, 4) is 0 Å². The van der Waals surface area contributed by atoms with Crippen molar-refractivity contribution in [3.05, 3.63) is 0 Å². The van der Waals surface area contributed by atoms with Gasteiger partial charge in [-0.2, -0.15) is 0 Å². The van der Waals surface area contributed by atoms with Gasteiger partial charge in [-0.1, -0.05) is 4.73 Å². The normalized spacial score (nSPS) is 10.1. The summed E-state index contributed by atoms with van der Waals surface area (Å²) in [6, 6.07) is 0. The second-order valence-corrected chi connectivity index (χ2v) is 1.68. The molecular weight excluding hydrogens is 138 g/mol. The summed E-state index contributed by atoms with van der Waals surface area (Å²) in [5.41, 5.74) is 0. The van der Waals surface area contributed by atoms with Crippen LogP contribution in [-0.2, 0) is 9.29 Å². The zero-order valence-electron chi connectivity index (χ0n) is 2.54. The van der Waals surface area contributed by atoms with E-state index in [1.807, 2.05) is 0 Å². The molecule has 0 unspecified atom stereocenters. The van der Waals surface area contributed by atoms with Crippen LogP contribution >= 0.6 is 7.82 Å². The highest BCUT2D eigenvalue weighted by Crippen LogP contribution is 2.35. The Morgan fingerprint density at radius 3 is 1.71 bits per heavy atom. The Balaban J connectivity index is 0. The number of halogens is 1. The first kappa shape index (κ1) is 10.7. The van der Waals surface area contributed by atoms with Gasteiger partial charge in [0.1, 0.15) is 0 Å². The minimum absolute atomic E-state index is 0. The lowest BCUT2D eigenvalue weighted by atomic mass is 15.6. The van der Waals surface area contributed by atoms with Crippen molar-refractivity contribution in [1.82, 2.24) is 0 Å². The van der Waals surface area contributed by atoms with Gasteiger partial charge >= 0.3 is 30.9 Å². The average Bonchev–Trinajstić information content (AvgIpc) is 1.35. The van der Waals surface area contributed by atoms with Crippen molar-refractivity contribution in [2.75, 3.05) is 0 Å². The second kappa shape index (κ2) is 3.77. The largest absolute Gasteiger partial charge is 0.500 e. The maximum atomic E-state index is 10.2. The number of phosphoric acid groups is 1. The Hall–Kier alpha value is 0.806. The summed E-state index contributed by atoms with van der Waals surface area (Å²) < 4.78 is 21.4. The predicted molar refractivity (Wildman–Crippen MR) is 22.8 cm³/mol. The third-order valence-corrected chi connectivity index (χ3v) is 0.270. The highest BCUT2D eigenvalue weighted by Gasteiger charge is 2.12. The summed E-state index contributed by atoms with van der Waals surface area (Å²) in [7, 11) is -4.81. The minimum Gasteiger partial charge on any atom is -0.301 e. The smallest absolute Gasteiger partial charge is 0.301 e. The first-order valence-corrected chi connectivity index (χ1v) is 2.45. The van der Waals surface area contributed by atoms with Gasteiger partial charge in [0, 0.05) is 0 Å². The van der Waals surface area contributed by atoms with E-state index in [2.05, 4.69) is 4.73 Å². The first-order chi connectivity index (χ1) is 2.56. The lowest BCUT2D eigenvalue weighted by Gasteiger charge is -1.87. The van der Waals surface area contributed by atoms with Gasteiger partial charge in [0.25, 0.3) is 0 Å². The minimum atomic E-state index is -4.81. The van der Waals surface area contributed by atoms with Crippen LogP contribution in [0.1, 0.15) is 0 Å². The van der Waals surface area contributed by atoms with E-state index in [0.29, 0.717) is 0 Å². The highest BCUT2D eigenvalue weighted by molar-refractivity contribution is 7.46.